The van der Waals surface area contributed by atoms with Crippen molar-refractivity contribution >= 4 is 47.1 Å². The van der Waals surface area contributed by atoms with Crippen LogP contribution in [0.15, 0.2) is 22.9 Å². The van der Waals surface area contributed by atoms with Gasteiger partial charge >= 0.3 is 0 Å². The molecule has 0 aliphatic carbocycles. The van der Waals surface area contributed by atoms with Crippen molar-refractivity contribution < 1.29 is 4.42 Å². The lowest BCUT2D eigenvalue weighted by Gasteiger charge is -2.17. The van der Waals surface area contributed by atoms with Crippen LogP contribution in [-0.4, -0.2) is 49.0 Å². The molecule has 0 fully saturated rings. The van der Waals surface area contributed by atoms with Crippen LogP contribution in [0.1, 0.15) is 17.1 Å². The van der Waals surface area contributed by atoms with Gasteiger partial charge in [-0.05, 0) is 19.4 Å². The fourth-order valence-electron chi connectivity index (χ4n) is 3.21. The second kappa shape index (κ2) is 8.49. The highest BCUT2D eigenvalue weighted by Gasteiger charge is 2.18. The van der Waals surface area contributed by atoms with Gasteiger partial charge in [0.1, 0.15) is 11.5 Å². The highest BCUT2D eigenvalue weighted by atomic mass is 16.3. The predicted octanol–water partition coefficient (Wildman–Crippen LogP) is 1.49. The first kappa shape index (κ1) is 21.6. The largest absolute Gasteiger partial charge is 0.462 e. The van der Waals surface area contributed by atoms with E-state index in [-0.39, 0.29) is 17.8 Å². The molecule has 0 saturated carbocycles. The minimum atomic E-state index is 0.0390. The minimum Gasteiger partial charge on any atom is -0.462 e. The highest BCUT2D eigenvalue weighted by molar-refractivity contribution is 5.61. The zero-order valence-electron chi connectivity index (χ0n) is 18.7. The minimum absolute atomic E-state index is 0.0390. The average molecular weight is 451 g/mol. The molecule has 33 heavy (non-hydrogen) atoms. The topological polar surface area (TPSA) is 203 Å². The van der Waals surface area contributed by atoms with E-state index in [1.54, 1.807) is 16.8 Å². The summed E-state index contributed by atoms with van der Waals surface area (Å²) in [5, 5.41) is 3.14. The van der Waals surface area contributed by atoms with Crippen LogP contribution in [0.25, 0.3) is 0 Å². The van der Waals surface area contributed by atoms with E-state index in [0.29, 0.717) is 35.9 Å². The molecule has 0 spiro atoms. The number of aryl methyl sites for hydroxylation is 2. The smallest absolute Gasteiger partial charge is 0.236 e. The van der Waals surface area contributed by atoms with Crippen LogP contribution in [0, 0.1) is 13.8 Å². The van der Waals surface area contributed by atoms with Crippen LogP contribution < -0.4 is 32.3 Å². The molecular formula is C19H25N13O. The molecule has 0 saturated heterocycles. The van der Waals surface area contributed by atoms with Crippen molar-refractivity contribution in [3.8, 4) is 0 Å². The third-order valence-electron chi connectivity index (χ3n) is 4.84. The maximum atomic E-state index is 5.93. The van der Waals surface area contributed by atoms with E-state index in [4.69, 9.17) is 21.6 Å². The number of furan rings is 1. The van der Waals surface area contributed by atoms with Gasteiger partial charge in [-0.1, -0.05) is 0 Å². The average Bonchev–Trinajstić information content (AvgIpc) is 3.31. The molecule has 4 heterocycles. The summed E-state index contributed by atoms with van der Waals surface area (Å²) in [6.45, 7) is 4.18. The van der Waals surface area contributed by atoms with Gasteiger partial charge in [0.2, 0.25) is 35.7 Å². The van der Waals surface area contributed by atoms with Gasteiger partial charge in [-0.3, -0.25) is 0 Å². The van der Waals surface area contributed by atoms with Crippen molar-refractivity contribution in [1.82, 2.24) is 34.9 Å². The summed E-state index contributed by atoms with van der Waals surface area (Å²) in [6.07, 6.45) is 3.68. The van der Waals surface area contributed by atoms with Crippen LogP contribution in [0.5, 0.6) is 0 Å². The zero-order chi connectivity index (χ0) is 23.7. The first-order valence-corrected chi connectivity index (χ1v) is 9.92. The molecule has 4 aromatic heterocycles. The lowest BCUT2D eigenvalue weighted by molar-refractivity contribution is 0.481. The number of nitrogens with one attached hydrogen (secondary N) is 2. The Labute approximate surface area is 189 Å². The molecule has 14 heteroatoms. The SMILES string of the molecule is Cc1c[nH]cc1Nc1nc(N)nc(N(C)Cc2cc(N(C)c3nc(N)nc(N)n3)c(C)o2)n1. The number of aromatic nitrogens is 7. The summed E-state index contributed by atoms with van der Waals surface area (Å²) in [7, 11) is 3.61. The standard InChI is InChI=1S/C19H25N13O/c1-9-6-23-7-12(9)24-17-26-16(22)27-18(30-17)31(3)8-11-5-13(10(2)33-11)32(4)19-28-14(20)25-15(21)29-19/h5-7,23H,8H2,1-4H3,(H4,20,21,25,28,29)(H3,22,24,26,27,30). The van der Waals surface area contributed by atoms with Gasteiger partial charge in [-0.15, -0.1) is 0 Å². The third kappa shape index (κ3) is 4.68. The monoisotopic (exact) mass is 451 g/mol. The van der Waals surface area contributed by atoms with E-state index in [2.05, 4.69) is 40.2 Å². The van der Waals surface area contributed by atoms with Crippen LogP contribution in [-0.2, 0) is 6.54 Å². The van der Waals surface area contributed by atoms with Crippen molar-refractivity contribution in [2.24, 2.45) is 0 Å². The molecule has 14 nitrogen and oxygen atoms in total. The Hall–Kier alpha value is -4.62. The number of anilines is 8. The van der Waals surface area contributed by atoms with Crippen molar-refractivity contribution in [1.29, 1.82) is 0 Å². The fourth-order valence-corrected chi connectivity index (χ4v) is 3.21. The molecule has 0 aliphatic heterocycles. The van der Waals surface area contributed by atoms with Gasteiger partial charge in [0.25, 0.3) is 0 Å². The van der Waals surface area contributed by atoms with Gasteiger partial charge in [-0.25, -0.2) is 0 Å². The number of rotatable bonds is 7. The molecule has 0 aliphatic rings. The van der Waals surface area contributed by atoms with Gasteiger partial charge in [-0.2, -0.15) is 29.9 Å². The van der Waals surface area contributed by atoms with Crippen LogP contribution in [0.2, 0.25) is 0 Å². The van der Waals surface area contributed by atoms with Gasteiger partial charge in [0.15, 0.2) is 0 Å². The molecule has 4 rings (SSSR count). The van der Waals surface area contributed by atoms with Crippen molar-refractivity contribution in [3.63, 3.8) is 0 Å². The number of hydrogen-bond donors (Lipinski definition) is 5. The van der Waals surface area contributed by atoms with E-state index < -0.39 is 0 Å². The van der Waals surface area contributed by atoms with E-state index in [1.807, 2.05) is 39.4 Å². The number of H-pyrrole nitrogens is 1. The van der Waals surface area contributed by atoms with Crippen molar-refractivity contribution in [2.45, 2.75) is 20.4 Å². The molecular weight excluding hydrogens is 426 g/mol. The van der Waals surface area contributed by atoms with E-state index in [1.165, 1.54) is 0 Å². The molecule has 0 bridgehead atoms. The van der Waals surface area contributed by atoms with Gasteiger partial charge in [0, 0.05) is 32.6 Å². The molecule has 0 atom stereocenters. The summed E-state index contributed by atoms with van der Waals surface area (Å²) in [5.41, 5.74) is 19.9. The Morgan fingerprint density at radius 1 is 0.909 bits per heavy atom. The van der Waals surface area contributed by atoms with Gasteiger partial charge < -0.3 is 41.7 Å². The lowest BCUT2D eigenvalue weighted by Crippen LogP contribution is -2.20. The second-order valence-corrected chi connectivity index (χ2v) is 7.42. The van der Waals surface area contributed by atoms with Crippen LogP contribution in [0.3, 0.4) is 0 Å². The third-order valence-corrected chi connectivity index (χ3v) is 4.84. The molecule has 8 N–H and O–H groups in total. The lowest BCUT2D eigenvalue weighted by atomic mass is 10.3. The van der Waals surface area contributed by atoms with Gasteiger partial charge in [0.05, 0.1) is 17.9 Å². The molecule has 172 valence electrons. The molecule has 0 aromatic carbocycles. The molecule has 0 amide bonds. The predicted molar refractivity (Wildman–Crippen MR) is 125 cm³/mol. The number of nitrogens with zero attached hydrogens (tertiary/aromatic N) is 8. The second-order valence-electron chi connectivity index (χ2n) is 7.42. The summed E-state index contributed by atoms with van der Waals surface area (Å²) in [6, 6.07) is 1.87. The summed E-state index contributed by atoms with van der Waals surface area (Å²) in [4.78, 5) is 31.5. The number of aromatic amines is 1. The summed E-state index contributed by atoms with van der Waals surface area (Å²) in [5.74, 6) is 2.55. The maximum absolute atomic E-state index is 5.93. The number of nitrogen functional groups attached to an aromatic ring is 3. The van der Waals surface area contributed by atoms with E-state index >= 15 is 0 Å². The van der Waals surface area contributed by atoms with Crippen LogP contribution >= 0.6 is 0 Å². The Kier molecular flexibility index (Phi) is 5.56. The normalized spacial score (nSPS) is 10.9. The zero-order valence-corrected chi connectivity index (χ0v) is 18.7. The quantitative estimate of drug-likeness (QED) is 0.270. The first-order valence-electron chi connectivity index (χ1n) is 9.92. The van der Waals surface area contributed by atoms with Crippen molar-refractivity contribution in [2.75, 3.05) is 46.4 Å². The van der Waals surface area contributed by atoms with E-state index in [9.17, 15) is 0 Å². The maximum Gasteiger partial charge on any atom is 0.236 e. The molecule has 4 aromatic rings. The summed E-state index contributed by atoms with van der Waals surface area (Å²) < 4.78 is 5.93. The highest BCUT2D eigenvalue weighted by Crippen LogP contribution is 2.29. The Balaban J connectivity index is 1.53. The number of hydrogen-bond acceptors (Lipinski definition) is 13. The Bertz CT molecular complexity index is 1260. The van der Waals surface area contributed by atoms with Crippen molar-refractivity contribution in [3.05, 3.63) is 35.5 Å². The van der Waals surface area contributed by atoms with E-state index in [0.717, 1.165) is 16.9 Å². The Morgan fingerprint density at radius 2 is 1.58 bits per heavy atom. The molecule has 0 unspecified atom stereocenters. The Morgan fingerprint density at radius 3 is 2.24 bits per heavy atom. The van der Waals surface area contributed by atoms with Crippen LogP contribution in [0.4, 0.5) is 47.1 Å². The number of nitrogens with two attached hydrogens (primary N) is 3. The first-order chi connectivity index (χ1) is 15.7. The fraction of sp³-hybridized carbons (Fsp3) is 0.263. The molecule has 0 radical (unpaired) electrons. The summed E-state index contributed by atoms with van der Waals surface area (Å²) >= 11 is 0.